The summed E-state index contributed by atoms with van der Waals surface area (Å²) in [5.74, 6) is 1.95. The molecule has 0 aliphatic carbocycles. The van der Waals surface area contributed by atoms with E-state index < -0.39 is 0 Å². The van der Waals surface area contributed by atoms with Gasteiger partial charge in [-0.15, -0.1) is 24.0 Å². The van der Waals surface area contributed by atoms with Crippen LogP contribution in [-0.2, 0) is 6.42 Å². The SMILES string of the molecule is CN1CC(CN=C(N)N2CCN(c3ncccn3)CC2)Cc2ccccc21.I. The van der Waals surface area contributed by atoms with E-state index in [1.54, 1.807) is 12.4 Å². The topological polar surface area (TPSA) is 73.9 Å². The zero-order valence-corrected chi connectivity index (χ0v) is 18.6. The van der Waals surface area contributed by atoms with Crippen molar-refractivity contribution >= 4 is 41.6 Å². The second kappa shape index (κ2) is 9.40. The summed E-state index contributed by atoms with van der Waals surface area (Å²) in [7, 11) is 2.16. The summed E-state index contributed by atoms with van der Waals surface area (Å²) in [5, 5.41) is 0. The number of guanidine groups is 1. The lowest BCUT2D eigenvalue weighted by Gasteiger charge is -2.36. The molecule has 0 bridgehead atoms. The molecule has 28 heavy (non-hydrogen) atoms. The highest BCUT2D eigenvalue weighted by Gasteiger charge is 2.23. The molecule has 2 aliphatic rings. The van der Waals surface area contributed by atoms with Crippen LogP contribution in [0.4, 0.5) is 11.6 Å². The summed E-state index contributed by atoms with van der Waals surface area (Å²) >= 11 is 0. The number of halogens is 1. The van der Waals surface area contributed by atoms with Gasteiger partial charge in [0.1, 0.15) is 0 Å². The lowest BCUT2D eigenvalue weighted by molar-refractivity contribution is 0.376. The molecule has 150 valence electrons. The lowest BCUT2D eigenvalue weighted by Crippen LogP contribution is -2.51. The van der Waals surface area contributed by atoms with Crippen molar-refractivity contribution in [1.82, 2.24) is 14.9 Å². The van der Waals surface area contributed by atoms with E-state index in [0.717, 1.165) is 51.6 Å². The van der Waals surface area contributed by atoms with E-state index in [1.807, 2.05) is 6.07 Å². The number of anilines is 2. The number of hydrogen-bond donors (Lipinski definition) is 1. The highest BCUT2D eigenvalue weighted by Crippen LogP contribution is 2.28. The molecule has 4 rings (SSSR count). The molecular weight excluding hydrogens is 465 g/mol. The van der Waals surface area contributed by atoms with E-state index in [1.165, 1.54) is 11.3 Å². The van der Waals surface area contributed by atoms with Crippen molar-refractivity contribution < 1.29 is 0 Å². The Balaban J connectivity index is 0.00000225. The molecule has 0 amide bonds. The molecule has 1 atom stereocenters. The van der Waals surface area contributed by atoms with Crippen LogP contribution >= 0.6 is 24.0 Å². The third-order valence-electron chi connectivity index (χ3n) is 5.39. The molecule has 0 saturated carbocycles. The second-order valence-electron chi connectivity index (χ2n) is 7.30. The molecule has 1 aromatic carbocycles. The van der Waals surface area contributed by atoms with Crippen LogP contribution in [0.2, 0.25) is 0 Å². The largest absolute Gasteiger partial charge is 0.374 e. The monoisotopic (exact) mass is 493 g/mol. The summed E-state index contributed by atoms with van der Waals surface area (Å²) in [6, 6.07) is 10.5. The fourth-order valence-corrected chi connectivity index (χ4v) is 3.95. The van der Waals surface area contributed by atoms with Crippen LogP contribution in [0.1, 0.15) is 5.56 Å². The van der Waals surface area contributed by atoms with Crippen molar-refractivity contribution in [1.29, 1.82) is 0 Å². The maximum Gasteiger partial charge on any atom is 0.225 e. The van der Waals surface area contributed by atoms with Gasteiger partial charge in [-0.3, -0.25) is 4.99 Å². The van der Waals surface area contributed by atoms with Crippen molar-refractivity contribution in [3.05, 3.63) is 48.3 Å². The van der Waals surface area contributed by atoms with Gasteiger partial charge in [0.25, 0.3) is 0 Å². The molecule has 8 heteroatoms. The third kappa shape index (κ3) is 4.65. The minimum atomic E-state index is 0. The van der Waals surface area contributed by atoms with Crippen molar-refractivity contribution in [2.75, 3.05) is 56.1 Å². The van der Waals surface area contributed by atoms with Gasteiger partial charge in [0.2, 0.25) is 5.95 Å². The number of aromatic nitrogens is 2. The van der Waals surface area contributed by atoms with E-state index in [4.69, 9.17) is 10.7 Å². The first-order valence-electron chi connectivity index (χ1n) is 9.56. The molecule has 0 radical (unpaired) electrons. The molecule has 1 unspecified atom stereocenters. The fourth-order valence-electron chi connectivity index (χ4n) is 3.95. The van der Waals surface area contributed by atoms with Crippen LogP contribution in [0.15, 0.2) is 47.7 Å². The van der Waals surface area contributed by atoms with Gasteiger partial charge in [-0.05, 0) is 24.1 Å². The van der Waals surface area contributed by atoms with Crippen LogP contribution in [0, 0.1) is 5.92 Å². The predicted octanol–water partition coefficient (Wildman–Crippen LogP) is 1.84. The normalized spacial score (nSPS) is 19.8. The van der Waals surface area contributed by atoms with Gasteiger partial charge in [0.05, 0.1) is 0 Å². The van der Waals surface area contributed by atoms with Gasteiger partial charge in [-0.2, -0.15) is 0 Å². The number of piperazine rings is 1. The Morgan fingerprint density at radius 1 is 1.11 bits per heavy atom. The maximum atomic E-state index is 6.29. The molecule has 2 N–H and O–H groups in total. The van der Waals surface area contributed by atoms with E-state index in [-0.39, 0.29) is 24.0 Å². The van der Waals surface area contributed by atoms with Gasteiger partial charge in [0, 0.05) is 70.3 Å². The van der Waals surface area contributed by atoms with E-state index in [2.05, 4.69) is 56.0 Å². The summed E-state index contributed by atoms with van der Waals surface area (Å²) in [5.41, 5.74) is 9.03. The summed E-state index contributed by atoms with van der Waals surface area (Å²) in [6.45, 7) is 5.21. The molecule has 2 aromatic rings. The van der Waals surface area contributed by atoms with E-state index in [9.17, 15) is 0 Å². The lowest BCUT2D eigenvalue weighted by atomic mass is 9.93. The number of nitrogens with two attached hydrogens (primary N) is 1. The summed E-state index contributed by atoms with van der Waals surface area (Å²) < 4.78 is 0. The molecular formula is C20H28IN7. The molecule has 1 saturated heterocycles. The fraction of sp³-hybridized carbons (Fsp3) is 0.450. The van der Waals surface area contributed by atoms with Gasteiger partial charge in [0.15, 0.2) is 5.96 Å². The molecule has 0 spiro atoms. The van der Waals surface area contributed by atoms with E-state index >= 15 is 0 Å². The molecule has 3 heterocycles. The molecule has 7 nitrogen and oxygen atoms in total. The van der Waals surface area contributed by atoms with Crippen molar-refractivity contribution in [3.63, 3.8) is 0 Å². The Bertz CT molecular complexity index is 790. The van der Waals surface area contributed by atoms with Crippen molar-refractivity contribution in [2.45, 2.75) is 6.42 Å². The smallest absolute Gasteiger partial charge is 0.225 e. The Morgan fingerprint density at radius 2 is 1.82 bits per heavy atom. The Morgan fingerprint density at radius 3 is 2.57 bits per heavy atom. The van der Waals surface area contributed by atoms with E-state index in [0.29, 0.717) is 11.9 Å². The zero-order valence-electron chi connectivity index (χ0n) is 16.2. The van der Waals surface area contributed by atoms with Gasteiger partial charge in [-0.1, -0.05) is 18.2 Å². The average molecular weight is 493 g/mol. The second-order valence-corrected chi connectivity index (χ2v) is 7.30. The highest BCUT2D eigenvalue weighted by atomic mass is 127. The summed E-state index contributed by atoms with van der Waals surface area (Å²) in [6.07, 6.45) is 4.63. The third-order valence-corrected chi connectivity index (χ3v) is 5.39. The number of aliphatic imine (C=N–C) groups is 1. The first-order chi connectivity index (χ1) is 13.2. The highest BCUT2D eigenvalue weighted by molar-refractivity contribution is 14.0. The molecule has 2 aliphatic heterocycles. The standard InChI is InChI=1S/C20H27N7.HI/c1-25-15-16(13-17-5-2-3-6-18(17)25)14-24-19(21)26-9-11-27(12-10-26)20-22-7-4-8-23-20;/h2-8,16H,9-15H2,1H3,(H2,21,24);1H. The van der Waals surface area contributed by atoms with Gasteiger partial charge < -0.3 is 20.4 Å². The molecule has 1 fully saturated rings. The molecule has 1 aromatic heterocycles. The number of hydrogen-bond acceptors (Lipinski definition) is 5. The van der Waals surface area contributed by atoms with Gasteiger partial charge >= 0.3 is 0 Å². The number of benzene rings is 1. The Hall–Kier alpha value is -2.10. The quantitative estimate of drug-likeness (QED) is 0.400. The first kappa shape index (κ1) is 20.6. The predicted molar refractivity (Wildman–Crippen MR) is 125 cm³/mol. The van der Waals surface area contributed by atoms with Gasteiger partial charge in [-0.25, -0.2) is 9.97 Å². The number of fused-ring (bicyclic) bond motifs is 1. The number of rotatable bonds is 3. The van der Waals surface area contributed by atoms with Crippen LogP contribution in [0.3, 0.4) is 0 Å². The van der Waals surface area contributed by atoms with Crippen LogP contribution in [0.5, 0.6) is 0 Å². The minimum absolute atomic E-state index is 0. The maximum absolute atomic E-state index is 6.29. The van der Waals surface area contributed by atoms with Crippen LogP contribution < -0.4 is 15.5 Å². The first-order valence-corrected chi connectivity index (χ1v) is 9.56. The minimum Gasteiger partial charge on any atom is -0.374 e. The van der Waals surface area contributed by atoms with Crippen molar-refractivity contribution in [2.24, 2.45) is 16.6 Å². The number of nitrogens with zero attached hydrogens (tertiary/aromatic N) is 6. The van der Waals surface area contributed by atoms with Crippen LogP contribution in [0.25, 0.3) is 0 Å². The summed E-state index contributed by atoms with van der Waals surface area (Å²) in [4.78, 5) is 20.1. The average Bonchev–Trinajstić information content (AvgIpc) is 2.73. The van der Waals surface area contributed by atoms with Crippen LogP contribution in [-0.4, -0.2) is 67.1 Å². The number of para-hydroxylation sites is 1. The zero-order chi connectivity index (χ0) is 18.6. The van der Waals surface area contributed by atoms with Crippen molar-refractivity contribution in [3.8, 4) is 0 Å². The Kier molecular flexibility index (Phi) is 6.93. The Labute approximate surface area is 183 Å².